The Morgan fingerprint density at radius 1 is 0.944 bits per heavy atom. The SMILES string of the molecule is O=C(O)/C(O)=C/C(=O)c1ccc2ccccc2c1. The van der Waals surface area contributed by atoms with Crippen LogP contribution in [0.25, 0.3) is 10.8 Å². The van der Waals surface area contributed by atoms with E-state index in [4.69, 9.17) is 10.2 Å². The van der Waals surface area contributed by atoms with Crippen LogP contribution in [0.15, 0.2) is 54.3 Å². The summed E-state index contributed by atoms with van der Waals surface area (Å²) < 4.78 is 0. The molecule has 0 atom stereocenters. The first-order valence-electron chi connectivity index (χ1n) is 5.25. The van der Waals surface area contributed by atoms with Crippen LogP contribution in [-0.4, -0.2) is 22.0 Å². The van der Waals surface area contributed by atoms with Crippen molar-refractivity contribution in [2.24, 2.45) is 0 Å². The number of aliphatic hydroxyl groups is 1. The van der Waals surface area contributed by atoms with Crippen molar-refractivity contribution >= 4 is 22.5 Å². The second-order valence-electron chi connectivity index (χ2n) is 3.76. The lowest BCUT2D eigenvalue weighted by molar-refractivity contribution is -0.135. The van der Waals surface area contributed by atoms with Gasteiger partial charge in [0.05, 0.1) is 0 Å². The molecule has 2 aromatic carbocycles. The van der Waals surface area contributed by atoms with Crippen LogP contribution in [0.2, 0.25) is 0 Å². The Morgan fingerprint density at radius 3 is 2.28 bits per heavy atom. The Labute approximate surface area is 103 Å². The van der Waals surface area contributed by atoms with E-state index in [1.54, 1.807) is 18.2 Å². The summed E-state index contributed by atoms with van der Waals surface area (Å²) in [5.74, 6) is -3.03. The molecule has 0 fully saturated rings. The van der Waals surface area contributed by atoms with Crippen molar-refractivity contribution in [3.63, 3.8) is 0 Å². The molecule has 0 aromatic heterocycles. The Hall–Kier alpha value is -2.62. The highest BCUT2D eigenvalue weighted by Crippen LogP contribution is 2.16. The Kier molecular flexibility index (Phi) is 3.10. The summed E-state index contributed by atoms with van der Waals surface area (Å²) in [4.78, 5) is 22.1. The van der Waals surface area contributed by atoms with E-state index in [0.29, 0.717) is 11.6 Å². The van der Waals surface area contributed by atoms with Gasteiger partial charge >= 0.3 is 5.97 Å². The Morgan fingerprint density at radius 2 is 1.61 bits per heavy atom. The second-order valence-corrected chi connectivity index (χ2v) is 3.76. The van der Waals surface area contributed by atoms with Crippen molar-refractivity contribution in [3.8, 4) is 0 Å². The highest BCUT2D eigenvalue weighted by atomic mass is 16.4. The number of rotatable bonds is 3. The molecule has 2 rings (SSSR count). The van der Waals surface area contributed by atoms with E-state index < -0.39 is 17.5 Å². The largest absolute Gasteiger partial charge is 0.502 e. The molecule has 2 N–H and O–H groups in total. The van der Waals surface area contributed by atoms with Gasteiger partial charge in [-0.05, 0) is 16.8 Å². The Bertz CT molecular complexity index is 656. The number of carboxylic acid groups (broad SMARTS) is 1. The molecule has 0 radical (unpaired) electrons. The number of hydrogen-bond acceptors (Lipinski definition) is 3. The summed E-state index contributed by atoms with van der Waals surface area (Å²) in [6.45, 7) is 0. The summed E-state index contributed by atoms with van der Waals surface area (Å²) in [7, 11) is 0. The third kappa shape index (κ3) is 2.38. The molecule has 0 aliphatic heterocycles. The van der Waals surface area contributed by atoms with Crippen molar-refractivity contribution < 1.29 is 19.8 Å². The first kappa shape index (κ1) is 11.9. The van der Waals surface area contributed by atoms with Crippen LogP contribution in [0.5, 0.6) is 0 Å². The van der Waals surface area contributed by atoms with Crippen LogP contribution in [0.1, 0.15) is 10.4 Å². The van der Waals surface area contributed by atoms with Crippen LogP contribution in [-0.2, 0) is 4.79 Å². The summed E-state index contributed by atoms with van der Waals surface area (Å²) in [5, 5.41) is 19.4. The van der Waals surface area contributed by atoms with E-state index in [0.717, 1.165) is 10.8 Å². The second kappa shape index (κ2) is 4.71. The van der Waals surface area contributed by atoms with Crippen molar-refractivity contribution in [3.05, 3.63) is 59.9 Å². The van der Waals surface area contributed by atoms with Gasteiger partial charge in [-0.2, -0.15) is 0 Å². The molecular formula is C14H10O4. The van der Waals surface area contributed by atoms with Crippen molar-refractivity contribution in [1.29, 1.82) is 0 Å². The average Bonchev–Trinajstić information content (AvgIpc) is 2.37. The van der Waals surface area contributed by atoms with Crippen LogP contribution < -0.4 is 0 Å². The molecule has 0 unspecified atom stereocenters. The van der Waals surface area contributed by atoms with Gasteiger partial charge < -0.3 is 10.2 Å². The number of benzene rings is 2. The molecule has 0 aliphatic carbocycles. The van der Waals surface area contributed by atoms with E-state index in [9.17, 15) is 9.59 Å². The highest BCUT2D eigenvalue weighted by molar-refractivity contribution is 6.09. The molecule has 0 heterocycles. The summed E-state index contributed by atoms with van der Waals surface area (Å²) in [5.41, 5.74) is 0.335. The fraction of sp³-hybridized carbons (Fsp3) is 0. The van der Waals surface area contributed by atoms with E-state index in [1.807, 2.05) is 24.3 Å². The minimum Gasteiger partial charge on any atom is -0.502 e. The van der Waals surface area contributed by atoms with Gasteiger partial charge in [0.15, 0.2) is 5.78 Å². The normalized spacial score (nSPS) is 11.4. The summed E-state index contributed by atoms with van der Waals surface area (Å²) >= 11 is 0. The molecule has 0 saturated carbocycles. The molecule has 2 aromatic rings. The fourth-order valence-corrected chi connectivity index (χ4v) is 1.61. The number of carbonyl (C=O) groups is 2. The molecule has 4 nitrogen and oxygen atoms in total. The standard InChI is InChI=1S/C14H10O4/c15-12(8-13(16)14(17)18)11-6-5-9-3-1-2-4-10(9)7-11/h1-8,16H,(H,17,18)/b13-8-. The van der Waals surface area contributed by atoms with E-state index in [-0.39, 0.29) is 0 Å². The minimum absolute atomic E-state index is 0.335. The van der Waals surface area contributed by atoms with Crippen LogP contribution in [0, 0.1) is 0 Å². The third-order valence-electron chi connectivity index (χ3n) is 2.52. The number of fused-ring (bicyclic) bond motifs is 1. The zero-order chi connectivity index (χ0) is 13.1. The monoisotopic (exact) mass is 242 g/mol. The number of ketones is 1. The molecule has 0 spiro atoms. The molecule has 0 bridgehead atoms. The predicted molar refractivity (Wildman–Crippen MR) is 66.6 cm³/mol. The van der Waals surface area contributed by atoms with Crippen molar-refractivity contribution in [2.75, 3.05) is 0 Å². The first-order chi connectivity index (χ1) is 8.58. The van der Waals surface area contributed by atoms with Crippen molar-refractivity contribution in [1.82, 2.24) is 0 Å². The number of carbonyl (C=O) groups excluding carboxylic acids is 1. The predicted octanol–water partition coefficient (Wildman–Crippen LogP) is 2.55. The third-order valence-corrected chi connectivity index (χ3v) is 2.52. The van der Waals surface area contributed by atoms with E-state index in [1.165, 1.54) is 0 Å². The number of hydrogen-bond donors (Lipinski definition) is 2. The van der Waals surface area contributed by atoms with Crippen LogP contribution in [0.3, 0.4) is 0 Å². The smallest absolute Gasteiger partial charge is 0.371 e. The lowest BCUT2D eigenvalue weighted by Crippen LogP contribution is -2.03. The zero-order valence-electron chi connectivity index (χ0n) is 9.33. The minimum atomic E-state index is -1.52. The number of aliphatic carboxylic acids is 1. The molecule has 90 valence electrons. The summed E-state index contributed by atoms with van der Waals surface area (Å²) in [6.07, 6.45) is 0.701. The van der Waals surface area contributed by atoms with Gasteiger partial charge in [-0.15, -0.1) is 0 Å². The molecule has 0 aliphatic rings. The van der Waals surface area contributed by atoms with Gasteiger partial charge in [0, 0.05) is 11.6 Å². The van der Waals surface area contributed by atoms with Gasteiger partial charge in [0.2, 0.25) is 5.76 Å². The molecule has 18 heavy (non-hydrogen) atoms. The van der Waals surface area contributed by atoms with Gasteiger partial charge in [0.25, 0.3) is 0 Å². The van der Waals surface area contributed by atoms with Gasteiger partial charge in [-0.25, -0.2) is 4.79 Å². The van der Waals surface area contributed by atoms with Gasteiger partial charge in [0.1, 0.15) is 0 Å². The van der Waals surface area contributed by atoms with Crippen LogP contribution in [0.4, 0.5) is 0 Å². The Balaban J connectivity index is 2.40. The van der Waals surface area contributed by atoms with Gasteiger partial charge in [-0.1, -0.05) is 36.4 Å². The summed E-state index contributed by atoms with van der Waals surface area (Å²) in [6, 6.07) is 12.5. The maximum atomic E-state index is 11.7. The fourth-order valence-electron chi connectivity index (χ4n) is 1.61. The average molecular weight is 242 g/mol. The number of carboxylic acids is 1. The van der Waals surface area contributed by atoms with E-state index in [2.05, 4.69) is 0 Å². The quantitative estimate of drug-likeness (QED) is 0.492. The number of aliphatic hydroxyl groups excluding tert-OH is 1. The molecule has 4 heteroatoms. The van der Waals surface area contributed by atoms with Crippen LogP contribution >= 0.6 is 0 Å². The molecular weight excluding hydrogens is 232 g/mol. The van der Waals surface area contributed by atoms with Crippen molar-refractivity contribution in [2.45, 2.75) is 0 Å². The van der Waals surface area contributed by atoms with Gasteiger partial charge in [-0.3, -0.25) is 4.79 Å². The lowest BCUT2D eigenvalue weighted by atomic mass is 10.0. The maximum Gasteiger partial charge on any atom is 0.371 e. The maximum absolute atomic E-state index is 11.7. The highest BCUT2D eigenvalue weighted by Gasteiger charge is 2.09. The molecule has 0 amide bonds. The lowest BCUT2D eigenvalue weighted by Gasteiger charge is -2.00. The van der Waals surface area contributed by atoms with E-state index >= 15 is 0 Å². The molecule has 0 saturated heterocycles. The zero-order valence-corrected chi connectivity index (χ0v) is 9.33. The number of allylic oxidation sites excluding steroid dienone is 1. The topological polar surface area (TPSA) is 74.6 Å². The first-order valence-corrected chi connectivity index (χ1v) is 5.25.